The lowest BCUT2D eigenvalue weighted by Gasteiger charge is -2.22. The summed E-state index contributed by atoms with van der Waals surface area (Å²) in [5.41, 5.74) is 3.71. The number of likely N-dealkylation sites (N-methyl/N-ethyl adjacent to an activating group) is 1. The van der Waals surface area contributed by atoms with Gasteiger partial charge in [0.2, 0.25) is 0 Å². The van der Waals surface area contributed by atoms with Crippen molar-refractivity contribution < 1.29 is 4.74 Å². The van der Waals surface area contributed by atoms with Crippen molar-refractivity contribution in [2.24, 2.45) is 5.84 Å². The van der Waals surface area contributed by atoms with Gasteiger partial charge in [0.25, 0.3) is 0 Å². The zero-order chi connectivity index (χ0) is 14.4. The van der Waals surface area contributed by atoms with Crippen LogP contribution in [0.25, 0.3) is 0 Å². The minimum atomic E-state index is -0.0767. The Morgan fingerprint density at radius 3 is 2.79 bits per heavy atom. The van der Waals surface area contributed by atoms with E-state index in [9.17, 15) is 0 Å². The molecule has 1 aromatic rings. The van der Waals surface area contributed by atoms with Crippen LogP contribution in [0.15, 0.2) is 6.20 Å². The van der Waals surface area contributed by atoms with Crippen LogP contribution in [0, 0.1) is 0 Å². The monoisotopic (exact) mass is 289 g/mol. The molecule has 0 aliphatic carbocycles. The number of aromatic nitrogens is 2. The Morgan fingerprint density at radius 1 is 1.58 bits per heavy atom. The highest BCUT2D eigenvalue weighted by atomic mass is 35.5. The standard InChI is InChI=1S/C12H24ClN5O/c1-9(19-4)7-11(16-14)12-10(13)8-15-18(12)6-5-17(2)3/h8-9,11,16H,5-7,14H2,1-4H3. The number of nitrogens with two attached hydrogens (primary N) is 1. The van der Waals surface area contributed by atoms with Gasteiger partial charge in [0.05, 0.1) is 35.6 Å². The molecular formula is C12H24ClN5O. The number of methoxy groups -OCH3 is 1. The minimum absolute atomic E-state index is 0.0767. The fraction of sp³-hybridized carbons (Fsp3) is 0.750. The number of ether oxygens (including phenoxy) is 1. The van der Waals surface area contributed by atoms with E-state index in [1.54, 1.807) is 13.3 Å². The topological polar surface area (TPSA) is 68.3 Å². The fourth-order valence-electron chi connectivity index (χ4n) is 1.88. The largest absolute Gasteiger partial charge is 0.382 e. The molecule has 0 saturated heterocycles. The number of hydrogen-bond acceptors (Lipinski definition) is 5. The average molecular weight is 290 g/mol. The van der Waals surface area contributed by atoms with E-state index in [1.807, 2.05) is 25.7 Å². The summed E-state index contributed by atoms with van der Waals surface area (Å²) in [7, 11) is 5.73. The normalized spacial score (nSPS) is 14.9. The molecule has 2 unspecified atom stereocenters. The van der Waals surface area contributed by atoms with E-state index in [0.29, 0.717) is 5.02 Å². The van der Waals surface area contributed by atoms with Gasteiger partial charge in [-0.1, -0.05) is 11.6 Å². The molecule has 3 N–H and O–H groups in total. The molecule has 1 rings (SSSR count). The van der Waals surface area contributed by atoms with Crippen molar-refractivity contribution in [3.05, 3.63) is 16.9 Å². The summed E-state index contributed by atoms with van der Waals surface area (Å²) in [6.45, 7) is 3.66. The van der Waals surface area contributed by atoms with Crippen molar-refractivity contribution >= 4 is 11.6 Å². The Balaban J connectivity index is 2.86. The predicted molar refractivity (Wildman–Crippen MR) is 76.9 cm³/mol. The number of halogens is 1. The highest BCUT2D eigenvalue weighted by Gasteiger charge is 2.21. The molecule has 7 heteroatoms. The summed E-state index contributed by atoms with van der Waals surface area (Å²) in [5.74, 6) is 5.64. The van der Waals surface area contributed by atoms with Crippen LogP contribution in [-0.4, -0.2) is 48.5 Å². The summed E-state index contributed by atoms with van der Waals surface area (Å²) in [4.78, 5) is 2.10. The van der Waals surface area contributed by atoms with E-state index in [-0.39, 0.29) is 12.1 Å². The van der Waals surface area contributed by atoms with E-state index >= 15 is 0 Å². The molecule has 0 radical (unpaired) electrons. The molecule has 0 aliphatic rings. The van der Waals surface area contributed by atoms with Crippen molar-refractivity contribution in [1.29, 1.82) is 0 Å². The molecule has 2 atom stereocenters. The van der Waals surface area contributed by atoms with Gasteiger partial charge in [-0.3, -0.25) is 16.0 Å². The lowest BCUT2D eigenvalue weighted by Crippen LogP contribution is -2.33. The van der Waals surface area contributed by atoms with Crippen LogP contribution in [0.2, 0.25) is 5.02 Å². The first-order chi connectivity index (χ1) is 8.99. The maximum atomic E-state index is 6.23. The van der Waals surface area contributed by atoms with Crippen molar-refractivity contribution in [2.75, 3.05) is 27.7 Å². The van der Waals surface area contributed by atoms with E-state index in [0.717, 1.165) is 25.2 Å². The number of nitrogens with zero attached hydrogens (tertiary/aromatic N) is 3. The summed E-state index contributed by atoms with van der Waals surface area (Å²) < 4.78 is 7.18. The van der Waals surface area contributed by atoms with Gasteiger partial charge in [-0.2, -0.15) is 5.10 Å². The second-order valence-electron chi connectivity index (χ2n) is 4.91. The maximum absolute atomic E-state index is 6.23. The molecule has 6 nitrogen and oxygen atoms in total. The van der Waals surface area contributed by atoms with Gasteiger partial charge in [0.15, 0.2) is 0 Å². The number of nitrogens with one attached hydrogen (secondary N) is 1. The highest BCUT2D eigenvalue weighted by molar-refractivity contribution is 6.31. The SMILES string of the molecule is COC(C)CC(NN)c1c(Cl)cnn1CCN(C)C. The zero-order valence-corrected chi connectivity index (χ0v) is 12.8. The third kappa shape index (κ3) is 4.74. The summed E-state index contributed by atoms with van der Waals surface area (Å²) in [6, 6.07) is -0.0767. The Bertz CT molecular complexity index is 382. The first kappa shape index (κ1) is 16.4. The Kier molecular flexibility index (Phi) is 6.74. The number of rotatable bonds is 8. The number of hydrogen-bond donors (Lipinski definition) is 2. The van der Waals surface area contributed by atoms with E-state index < -0.39 is 0 Å². The van der Waals surface area contributed by atoms with Gasteiger partial charge in [-0.25, -0.2) is 0 Å². The maximum Gasteiger partial charge on any atom is 0.0834 e. The van der Waals surface area contributed by atoms with Crippen molar-refractivity contribution in [1.82, 2.24) is 20.1 Å². The molecule has 0 fully saturated rings. The lowest BCUT2D eigenvalue weighted by molar-refractivity contribution is 0.0992. The molecule has 0 amide bonds. The van der Waals surface area contributed by atoms with Crippen LogP contribution < -0.4 is 11.3 Å². The van der Waals surface area contributed by atoms with E-state index in [1.165, 1.54) is 0 Å². The van der Waals surface area contributed by atoms with Gasteiger partial charge in [-0.05, 0) is 27.4 Å². The van der Waals surface area contributed by atoms with Crippen LogP contribution in [0.4, 0.5) is 0 Å². The third-order valence-corrected chi connectivity index (χ3v) is 3.38. The molecule has 1 aromatic heterocycles. The first-order valence-corrected chi connectivity index (χ1v) is 6.72. The first-order valence-electron chi connectivity index (χ1n) is 6.34. The van der Waals surface area contributed by atoms with Crippen molar-refractivity contribution in [3.8, 4) is 0 Å². The molecular weight excluding hydrogens is 266 g/mol. The molecule has 0 saturated carbocycles. The minimum Gasteiger partial charge on any atom is -0.382 e. The van der Waals surface area contributed by atoms with Gasteiger partial charge < -0.3 is 9.64 Å². The van der Waals surface area contributed by atoms with Gasteiger partial charge >= 0.3 is 0 Å². The van der Waals surface area contributed by atoms with Crippen LogP contribution in [-0.2, 0) is 11.3 Å². The third-order valence-electron chi connectivity index (χ3n) is 3.09. The predicted octanol–water partition coefficient (Wildman–Crippen LogP) is 1.03. The van der Waals surface area contributed by atoms with Crippen molar-refractivity contribution in [2.45, 2.75) is 32.0 Å². The van der Waals surface area contributed by atoms with Crippen LogP contribution in [0.1, 0.15) is 25.1 Å². The molecule has 110 valence electrons. The van der Waals surface area contributed by atoms with E-state index in [4.69, 9.17) is 22.2 Å². The smallest absolute Gasteiger partial charge is 0.0834 e. The molecule has 19 heavy (non-hydrogen) atoms. The van der Waals surface area contributed by atoms with Crippen LogP contribution in [0.3, 0.4) is 0 Å². The fourth-order valence-corrected chi connectivity index (χ4v) is 2.15. The molecule has 0 aromatic carbocycles. The van der Waals surface area contributed by atoms with Crippen LogP contribution >= 0.6 is 11.6 Å². The Hall–Kier alpha value is -0.660. The average Bonchev–Trinajstić information content (AvgIpc) is 2.74. The van der Waals surface area contributed by atoms with Gasteiger partial charge in [-0.15, -0.1) is 0 Å². The number of hydrazine groups is 1. The summed E-state index contributed by atoms with van der Waals surface area (Å²) in [5, 5.41) is 4.94. The highest BCUT2D eigenvalue weighted by Crippen LogP contribution is 2.26. The second kappa shape index (κ2) is 7.81. The Labute approximate surface area is 119 Å². The molecule has 0 aliphatic heterocycles. The molecule has 0 spiro atoms. The van der Waals surface area contributed by atoms with E-state index in [2.05, 4.69) is 15.4 Å². The van der Waals surface area contributed by atoms with Gasteiger partial charge in [0.1, 0.15) is 0 Å². The lowest BCUT2D eigenvalue weighted by atomic mass is 10.1. The molecule has 0 bridgehead atoms. The Morgan fingerprint density at radius 2 is 2.26 bits per heavy atom. The van der Waals surface area contributed by atoms with Crippen molar-refractivity contribution in [3.63, 3.8) is 0 Å². The molecule has 1 heterocycles. The second-order valence-corrected chi connectivity index (χ2v) is 5.31. The zero-order valence-electron chi connectivity index (χ0n) is 12.1. The van der Waals surface area contributed by atoms with Gasteiger partial charge in [0, 0.05) is 13.7 Å². The summed E-state index contributed by atoms with van der Waals surface area (Å²) >= 11 is 6.23. The van der Waals surface area contributed by atoms with Crippen LogP contribution in [0.5, 0.6) is 0 Å². The summed E-state index contributed by atoms with van der Waals surface area (Å²) in [6.07, 6.45) is 2.49. The quantitative estimate of drug-likeness (QED) is 0.553.